The van der Waals surface area contributed by atoms with Crippen LogP contribution in [0.3, 0.4) is 0 Å². The Kier molecular flexibility index (Phi) is 6.32. The zero-order chi connectivity index (χ0) is 36.2. The average Bonchev–Trinajstić information content (AvgIpc) is 3.90. The van der Waals surface area contributed by atoms with Crippen molar-refractivity contribution in [2.24, 2.45) is 5.92 Å². The molecule has 4 aromatic heterocycles. The van der Waals surface area contributed by atoms with E-state index in [-0.39, 0.29) is 0 Å². The quantitative estimate of drug-likeness (QED) is 0.183. The molecular formula is C50H33N5. The molecule has 0 spiro atoms. The van der Waals surface area contributed by atoms with Gasteiger partial charge < -0.3 is 8.97 Å². The number of allylic oxidation sites excluding steroid dienone is 4. The highest BCUT2D eigenvalue weighted by molar-refractivity contribution is 6.39. The van der Waals surface area contributed by atoms with E-state index in [1.165, 1.54) is 65.2 Å². The molecule has 5 heteroatoms. The van der Waals surface area contributed by atoms with Gasteiger partial charge in [-0.1, -0.05) is 146 Å². The van der Waals surface area contributed by atoms with Crippen molar-refractivity contribution in [1.82, 2.24) is 23.9 Å². The van der Waals surface area contributed by atoms with Crippen LogP contribution in [0.5, 0.6) is 0 Å². The molecule has 0 fully saturated rings. The van der Waals surface area contributed by atoms with Crippen LogP contribution in [0.15, 0.2) is 164 Å². The Morgan fingerprint density at radius 1 is 0.491 bits per heavy atom. The summed E-state index contributed by atoms with van der Waals surface area (Å²) in [5.41, 5.74) is 10.1. The summed E-state index contributed by atoms with van der Waals surface area (Å²) < 4.78 is 4.99. The van der Waals surface area contributed by atoms with E-state index in [4.69, 9.17) is 15.0 Å². The Bertz CT molecular complexity index is 3410. The monoisotopic (exact) mass is 703 g/mol. The molecular weight excluding hydrogens is 671 g/mol. The third kappa shape index (κ3) is 4.32. The van der Waals surface area contributed by atoms with E-state index in [1.807, 2.05) is 18.2 Å². The molecule has 11 aromatic rings. The minimum Gasteiger partial charge on any atom is -0.309 e. The van der Waals surface area contributed by atoms with Crippen LogP contribution in [0.25, 0.3) is 105 Å². The van der Waals surface area contributed by atoms with Crippen molar-refractivity contribution in [2.75, 3.05) is 0 Å². The lowest BCUT2D eigenvalue weighted by molar-refractivity contribution is 0.738. The fourth-order valence-electron chi connectivity index (χ4n) is 9.24. The number of aromatic nitrogens is 5. The highest BCUT2D eigenvalue weighted by atomic mass is 15.0. The van der Waals surface area contributed by atoms with Gasteiger partial charge in [-0.2, -0.15) is 0 Å². The summed E-state index contributed by atoms with van der Waals surface area (Å²) in [6, 6.07) is 52.3. The van der Waals surface area contributed by atoms with Crippen molar-refractivity contribution in [2.45, 2.75) is 13.3 Å². The van der Waals surface area contributed by atoms with Gasteiger partial charge in [0, 0.05) is 60.1 Å². The van der Waals surface area contributed by atoms with E-state index < -0.39 is 0 Å². The minimum atomic E-state index is 0.420. The molecule has 12 rings (SSSR count). The summed E-state index contributed by atoms with van der Waals surface area (Å²) in [4.78, 5) is 15.3. The Hall–Kier alpha value is -7.11. The van der Waals surface area contributed by atoms with E-state index in [0.29, 0.717) is 23.4 Å². The van der Waals surface area contributed by atoms with E-state index in [0.717, 1.165) is 34.3 Å². The van der Waals surface area contributed by atoms with Crippen molar-refractivity contribution < 1.29 is 0 Å². The third-order valence-corrected chi connectivity index (χ3v) is 11.5. The van der Waals surface area contributed by atoms with Crippen LogP contribution in [-0.2, 0) is 0 Å². The summed E-state index contributed by atoms with van der Waals surface area (Å²) in [5.74, 6) is 2.44. The largest absolute Gasteiger partial charge is 0.309 e. The predicted molar refractivity (Wildman–Crippen MR) is 228 cm³/mol. The summed E-state index contributed by atoms with van der Waals surface area (Å²) in [5, 5.41) is 10.1. The molecule has 1 aliphatic carbocycles. The standard InChI is InChI=1S/C50H33N5/c1-30-14-11-17-32(28-30)49-51-48(31-15-3-2-4-16-31)52-50(53-49)33-18-12-19-34(29-33)54-42-27-10-8-23-39(42)44-46(54)38-22-6-5-21-36(38)43-40-25-13-24-37-35-20-7-9-26-41(35)55(45(37)40)47(43)44/h2-13,15-30H,14H2,1H3. The van der Waals surface area contributed by atoms with Crippen LogP contribution >= 0.6 is 0 Å². The smallest absolute Gasteiger partial charge is 0.164 e. The summed E-state index contributed by atoms with van der Waals surface area (Å²) in [6.45, 7) is 2.23. The van der Waals surface area contributed by atoms with Crippen LogP contribution in [0.2, 0.25) is 0 Å². The topological polar surface area (TPSA) is 48.0 Å². The van der Waals surface area contributed by atoms with E-state index in [1.54, 1.807) is 0 Å². The number of rotatable bonds is 4. The van der Waals surface area contributed by atoms with Gasteiger partial charge in [0.25, 0.3) is 0 Å². The zero-order valence-corrected chi connectivity index (χ0v) is 30.1. The number of fused-ring (bicyclic) bond motifs is 13. The van der Waals surface area contributed by atoms with Gasteiger partial charge in [-0.15, -0.1) is 0 Å². The average molecular weight is 704 g/mol. The van der Waals surface area contributed by atoms with E-state index in [9.17, 15) is 0 Å². The zero-order valence-electron chi connectivity index (χ0n) is 30.1. The molecule has 0 bridgehead atoms. The van der Waals surface area contributed by atoms with E-state index in [2.05, 4.69) is 162 Å². The van der Waals surface area contributed by atoms with Crippen molar-refractivity contribution in [1.29, 1.82) is 0 Å². The first-order chi connectivity index (χ1) is 27.2. The lowest BCUT2D eigenvalue weighted by atomic mass is 9.97. The van der Waals surface area contributed by atoms with Gasteiger partial charge in [-0.05, 0) is 42.0 Å². The second-order valence-electron chi connectivity index (χ2n) is 14.9. The molecule has 0 aliphatic heterocycles. The molecule has 0 radical (unpaired) electrons. The van der Waals surface area contributed by atoms with Crippen LogP contribution in [0.4, 0.5) is 0 Å². The molecule has 1 unspecified atom stereocenters. The SMILES string of the molecule is CC1C=C(c2nc(-c3ccccc3)nc(-c3cccc(-n4c5ccccc5c5c4c4ccccc4c4c6cccc7c8ccccc8n(c76)c45)c3)n2)C=CC1. The number of nitrogens with zero attached hydrogens (tertiary/aromatic N) is 5. The highest BCUT2D eigenvalue weighted by Gasteiger charge is 2.26. The Morgan fingerprint density at radius 2 is 1.11 bits per heavy atom. The van der Waals surface area contributed by atoms with Crippen molar-refractivity contribution in [3.63, 3.8) is 0 Å². The maximum absolute atomic E-state index is 5.14. The molecule has 4 heterocycles. The first-order valence-corrected chi connectivity index (χ1v) is 19.0. The summed E-state index contributed by atoms with van der Waals surface area (Å²) in [7, 11) is 0. The third-order valence-electron chi connectivity index (χ3n) is 11.5. The fraction of sp³-hybridized carbons (Fsp3) is 0.0600. The molecule has 1 atom stereocenters. The maximum atomic E-state index is 5.14. The van der Waals surface area contributed by atoms with Gasteiger partial charge in [0.2, 0.25) is 0 Å². The van der Waals surface area contributed by atoms with Crippen LogP contribution in [-0.4, -0.2) is 23.9 Å². The van der Waals surface area contributed by atoms with Gasteiger partial charge >= 0.3 is 0 Å². The van der Waals surface area contributed by atoms with Crippen molar-refractivity contribution in [3.05, 3.63) is 170 Å². The molecule has 0 N–H and O–H groups in total. The molecule has 258 valence electrons. The number of para-hydroxylation sites is 3. The van der Waals surface area contributed by atoms with E-state index >= 15 is 0 Å². The second kappa shape index (κ2) is 11.4. The number of hydrogen-bond donors (Lipinski definition) is 0. The van der Waals surface area contributed by atoms with Gasteiger partial charge in [-0.3, -0.25) is 0 Å². The fourth-order valence-corrected chi connectivity index (χ4v) is 9.24. The summed E-state index contributed by atoms with van der Waals surface area (Å²) >= 11 is 0. The Labute approximate surface area is 316 Å². The molecule has 0 amide bonds. The molecule has 5 nitrogen and oxygen atoms in total. The van der Waals surface area contributed by atoms with Gasteiger partial charge in [-0.25, -0.2) is 15.0 Å². The van der Waals surface area contributed by atoms with Gasteiger partial charge in [0.1, 0.15) is 0 Å². The predicted octanol–water partition coefficient (Wildman–Crippen LogP) is 12.6. The van der Waals surface area contributed by atoms with Crippen molar-refractivity contribution in [3.8, 4) is 28.5 Å². The van der Waals surface area contributed by atoms with Gasteiger partial charge in [0.05, 0.1) is 27.6 Å². The first kappa shape index (κ1) is 30.4. The van der Waals surface area contributed by atoms with Crippen LogP contribution < -0.4 is 0 Å². The lowest BCUT2D eigenvalue weighted by Gasteiger charge is -2.14. The number of benzene rings is 7. The normalized spacial score (nSPS) is 14.8. The molecule has 55 heavy (non-hydrogen) atoms. The molecule has 0 saturated heterocycles. The highest BCUT2D eigenvalue weighted by Crippen LogP contribution is 2.48. The molecule has 0 saturated carbocycles. The first-order valence-electron chi connectivity index (χ1n) is 19.0. The maximum Gasteiger partial charge on any atom is 0.164 e. The van der Waals surface area contributed by atoms with Gasteiger partial charge in [0.15, 0.2) is 17.5 Å². The Balaban J connectivity index is 1.18. The summed E-state index contributed by atoms with van der Waals surface area (Å²) in [6.07, 6.45) is 7.65. The van der Waals surface area contributed by atoms with Crippen molar-refractivity contribution >= 4 is 76.2 Å². The second-order valence-corrected chi connectivity index (χ2v) is 14.9. The Morgan fingerprint density at radius 3 is 1.95 bits per heavy atom. The lowest BCUT2D eigenvalue weighted by Crippen LogP contribution is -2.05. The van der Waals surface area contributed by atoms with Crippen LogP contribution in [0.1, 0.15) is 19.2 Å². The number of hydrogen-bond acceptors (Lipinski definition) is 3. The minimum absolute atomic E-state index is 0.420. The molecule has 1 aliphatic rings. The molecule has 7 aromatic carbocycles. The van der Waals surface area contributed by atoms with Crippen LogP contribution in [0, 0.1) is 5.92 Å².